The molecule has 1 heterocycles. The quantitative estimate of drug-likeness (QED) is 0.786. The lowest BCUT2D eigenvalue weighted by Crippen LogP contribution is -1.97. The first kappa shape index (κ1) is 13.2. The van der Waals surface area contributed by atoms with Crippen LogP contribution in [0.15, 0.2) is 12.1 Å². The van der Waals surface area contributed by atoms with Gasteiger partial charge >= 0.3 is 0 Å². The maximum Gasteiger partial charge on any atom is 0.225 e. The Morgan fingerprint density at radius 3 is 2.28 bits per heavy atom. The zero-order valence-corrected chi connectivity index (χ0v) is 12.9. The SMILES string of the molecule is COc1c(C)cc2cc(OI)nc(C)c2c1OC. The molecule has 5 heteroatoms. The molecule has 96 valence electrons. The Morgan fingerprint density at radius 2 is 1.72 bits per heavy atom. The van der Waals surface area contributed by atoms with Crippen LogP contribution in [0.3, 0.4) is 0 Å². The van der Waals surface area contributed by atoms with Crippen LogP contribution in [0.5, 0.6) is 17.4 Å². The van der Waals surface area contributed by atoms with Crippen molar-refractivity contribution >= 4 is 33.8 Å². The van der Waals surface area contributed by atoms with Crippen molar-refractivity contribution < 1.29 is 12.5 Å². The fourth-order valence-electron chi connectivity index (χ4n) is 2.16. The van der Waals surface area contributed by atoms with Crippen molar-refractivity contribution in [1.29, 1.82) is 0 Å². The maximum absolute atomic E-state index is 5.48. The van der Waals surface area contributed by atoms with Crippen LogP contribution in [-0.4, -0.2) is 19.2 Å². The molecule has 0 saturated heterocycles. The second-order valence-electron chi connectivity index (χ2n) is 3.98. The lowest BCUT2D eigenvalue weighted by atomic mass is 10.0. The number of aryl methyl sites for hydroxylation is 2. The van der Waals surface area contributed by atoms with Gasteiger partial charge in [0.05, 0.1) is 19.9 Å². The Kier molecular flexibility index (Phi) is 3.79. The monoisotopic (exact) mass is 359 g/mol. The minimum atomic E-state index is 0.590. The number of halogens is 1. The Bertz CT molecular complexity index is 599. The maximum atomic E-state index is 5.48. The van der Waals surface area contributed by atoms with Crippen molar-refractivity contribution in [1.82, 2.24) is 4.98 Å². The Labute approximate surface area is 120 Å². The molecule has 0 fully saturated rings. The molecule has 0 aliphatic heterocycles. The van der Waals surface area contributed by atoms with E-state index in [9.17, 15) is 0 Å². The average Bonchev–Trinajstić information content (AvgIpc) is 2.36. The third kappa shape index (κ3) is 2.07. The summed E-state index contributed by atoms with van der Waals surface area (Å²) in [5.74, 6) is 2.06. The summed E-state index contributed by atoms with van der Waals surface area (Å²) in [6.07, 6.45) is 0. The van der Waals surface area contributed by atoms with Gasteiger partial charge in [-0.1, -0.05) is 0 Å². The van der Waals surface area contributed by atoms with Crippen LogP contribution >= 0.6 is 23.0 Å². The van der Waals surface area contributed by atoms with Gasteiger partial charge in [0.1, 0.15) is 0 Å². The van der Waals surface area contributed by atoms with Crippen LogP contribution in [0.4, 0.5) is 0 Å². The molecule has 0 unspecified atom stereocenters. The van der Waals surface area contributed by atoms with E-state index in [2.05, 4.69) is 4.98 Å². The Balaban J connectivity index is 2.88. The van der Waals surface area contributed by atoms with Crippen molar-refractivity contribution in [2.45, 2.75) is 13.8 Å². The van der Waals surface area contributed by atoms with E-state index >= 15 is 0 Å². The summed E-state index contributed by atoms with van der Waals surface area (Å²) in [6, 6.07) is 3.94. The highest BCUT2D eigenvalue weighted by Crippen LogP contribution is 2.40. The molecule has 0 N–H and O–H groups in total. The van der Waals surface area contributed by atoms with Gasteiger partial charge in [0.15, 0.2) is 34.5 Å². The lowest BCUT2D eigenvalue weighted by molar-refractivity contribution is 0.356. The summed E-state index contributed by atoms with van der Waals surface area (Å²) in [5, 5.41) is 1.99. The minimum Gasteiger partial charge on any atom is -0.493 e. The topological polar surface area (TPSA) is 40.6 Å². The number of hydrogen-bond acceptors (Lipinski definition) is 4. The summed E-state index contributed by atoms with van der Waals surface area (Å²) in [5.41, 5.74) is 1.88. The first-order chi connectivity index (χ1) is 8.62. The molecular formula is C13H14INO3. The van der Waals surface area contributed by atoms with E-state index in [1.165, 1.54) is 0 Å². The van der Waals surface area contributed by atoms with Crippen molar-refractivity contribution in [2.24, 2.45) is 0 Å². The number of fused-ring (bicyclic) bond motifs is 1. The number of rotatable bonds is 3. The number of ether oxygens (including phenoxy) is 2. The largest absolute Gasteiger partial charge is 0.493 e. The number of hydrogen-bond donors (Lipinski definition) is 0. The number of pyridine rings is 1. The molecule has 0 radical (unpaired) electrons. The lowest BCUT2D eigenvalue weighted by Gasteiger charge is -2.15. The summed E-state index contributed by atoms with van der Waals surface area (Å²) in [4.78, 5) is 4.37. The number of aromatic nitrogens is 1. The molecule has 0 aliphatic rings. The van der Waals surface area contributed by atoms with Crippen LogP contribution < -0.4 is 12.5 Å². The van der Waals surface area contributed by atoms with Crippen LogP contribution in [0.1, 0.15) is 11.3 Å². The van der Waals surface area contributed by atoms with Crippen LogP contribution in [0.2, 0.25) is 0 Å². The van der Waals surface area contributed by atoms with E-state index in [1.807, 2.05) is 49.0 Å². The van der Waals surface area contributed by atoms with Crippen molar-refractivity contribution in [3.8, 4) is 17.4 Å². The summed E-state index contributed by atoms with van der Waals surface area (Å²) < 4.78 is 16.0. The first-order valence-electron chi connectivity index (χ1n) is 5.44. The Hall–Kier alpha value is -1.24. The number of methoxy groups -OCH3 is 2. The molecule has 0 atom stereocenters. The number of nitrogens with zero attached hydrogens (tertiary/aromatic N) is 1. The molecule has 0 spiro atoms. The van der Waals surface area contributed by atoms with E-state index in [0.29, 0.717) is 5.88 Å². The van der Waals surface area contributed by atoms with E-state index in [4.69, 9.17) is 12.5 Å². The van der Waals surface area contributed by atoms with Gasteiger partial charge in [0, 0.05) is 11.5 Å². The zero-order valence-electron chi connectivity index (χ0n) is 10.7. The highest BCUT2D eigenvalue weighted by molar-refractivity contribution is 14.1. The molecular weight excluding hydrogens is 345 g/mol. The van der Waals surface area contributed by atoms with Crippen molar-refractivity contribution in [3.05, 3.63) is 23.4 Å². The second kappa shape index (κ2) is 5.17. The van der Waals surface area contributed by atoms with Gasteiger partial charge in [-0.2, -0.15) is 0 Å². The molecule has 2 aromatic rings. The summed E-state index contributed by atoms with van der Waals surface area (Å²) >= 11 is 1.82. The molecule has 0 bridgehead atoms. The molecule has 1 aromatic carbocycles. The molecule has 2 rings (SSSR count). The van der Waals surface area contributed by atoms with Gasteiger partial charge in [-0.15, -0.1) is 0 Å². The second-order valence-corrected chi connectivity index (χ2v) is 4.42. The zero-order chi connectivity index (χ0) is 13.3. The minimum absolute atomic E-state index is 0.590. The molecule has 0 amide bonds. The molecule has 4 nitrogen and oxygen atoms in total. The van der Waals surface area contributed by atoms with E-state index in [-0.39, 0.29) is 0 Å². The smallest absolute Gasteiger partial charge is 0.225 e. The fourth-order valence-corrected chi connectivity index (χ4v) is 2.38. The third-order valence-corrected chi connectivity index (χ3v) is 3.31. The highest BCUT2D eigenvalue weighted by atomic mass is 127. The predicted octanol–water partition coefficient (Wildman–Crippen LogP) is 3.60. The van der Waals surface area contributed by atoms with Gasteiger partial charge in [-0.05, 0) is 30.9 Å². The molecule has 18 heavy (non-hydrogen) atoms. The first-order valence-corrected chi connectivity index (χ1v) is 6.32. The average molecular weight is 359 g/mol. The normalized spacial score (nSPS) is 10.5. The third-order valence-electron chi connectivity index (χ3n) is 2.86. The van der Waals surface area contributed by atoms with Gasteiger partial charge in [-0.25, -0.2) is 4.98 Å². The number of benzene rings is 1. The molecule has 0 saturated carbocycles. The van der Waals surface area contributed by atoms with E-state index in [0.717, 1.165) is 33.5 Å². The fraction of sp³-hybridized carbons (Fsp3) is 0.308. The predicted molar refractivity (Wildman–Crippen MR) is 79.0 cm³/mol. The highest BCUT2D eigenvalue weighted by Gasteiger charge is 2.16. The van der Waals surface area contributed by atoms with Crippen molar-refractivity contribution in [2.75, 3.05) is 14.2 Å². The van der Waals surface area contributed by atoms with Gasteiger partial charge in [-0.3, -0.25) is 0 Å². The molecule has 0 aliphatic carbocycles. The van der Waals surface area contributed by atoms with Gasteiger partial charge < -0.3 is 12.5 Å². The standard InChI is InChI=1S/C13H14INO3/c1-7-5-9-6-10(18-14)15-8(2)11(9)13(17-4)12(7)16-3/h5-6H,1-4H3. The van der Waals surface area contributed by atoms with Crippen LogP contribution in [-0.2, 0) is 0 Å². The Morgan fingerprint density at radius 1 is 1.06 bits per heavy atom. The van der Waals surface area contributed by atoms with E-state index in [1.54, 1.807) is 14.2 Å². The van der Waals surface area contributed by atoms with Gasteiger partial charge in [0.2, 0.25) is 5.88 Å². The summed E-state index contributed by atoms with van der Waals surface area (Å²) in [6.45, 7) is 3.92. The van der Waals surface area contributed by atoms with Crippen LogP contribution in [0.25, 0.3) is 10.8 Å². The van der Waals surface area contributed by atoms with Crippen molar-refractivity contribution in [3.63, 3.8) is 0 Å². The van der Waals surface area contributed by atoms with Crippen LogP contribution in [0, 0.1) is 13.8 Å². The van der Waals surface area contributed by atoms with E-state index < -0.39 is 0 Å². The summed E-state index contributed by atoms with van der Waals surface area (Å²) in [7, 11) is 3.28. The molecule has 1 aromatic heterocycles. The van der Waals surface area contributed by atoms with Gasteiger partial charge in [0.25, 0.3) is 0 Å².